The van der Waals surface area contributed by atoms with E-state index in [1.165, 1.54) is 22.3 Å². The van der Waals surface area contributed by atoms with Gasteiger partial charge in [0.1, 0.15) is 0 Å². The normalized spacial score (nSPS) is 10.0. The molecule has 0 aliphatic heterocycles. The zero-order valence-corrected chi connectivity index (χ0v) is 26.9. The second-order valence-corrected chi connectivity index (χ2v) is 10.1. The second-order valence-electron chi connectivity index (χ2n) is 10.1. The lowest BCUT2D eigenvalue weighted by molar-refractivity contribution is 1.27. The summed E-state index contributed by atoms with van der Waals surface area (Å²) in [5.74, 6) is 0. The number of benzene rings is 6. The lowest BCUT2D eigenvalue weighted by Crippen LogP contribution is -2.10. The van der Waals surface area contributed by atoms with Gasteiger partial charge in [-0.1, -0.05) is 118 Å². The van der Waals surface area contributed by atoms with Crippen LogP contribution in [0.5, 0.6) is 0 Å². The summed E-state index contributed by atoms with van der Waals surface area (Å²) < 4.78 is 0. The molecule has 0 aromatic heterocycles. The van der Waals surface area contributed by atoms with E-state index in [9.17, 15) is 0 Å². The van der Waals surface area contributed by atoms with Gasteiger partial charge in [0.15, 0.2) is 0 Å². The molecule has 222 valence electrons. The molecule has 0 aliphatic rings. The summed E-state index contributed by atoms with van der Waals surface area (Å²) in [5, 5.41) is 0. The topological polar surface area (TPSA) is 6.48 Å². The van der Waals surface area contributed by atoms with Crippen molar-refractivity contribution in [3.63, 3.8) is 0 Å². The van der Waals surface area contributed by atoms with E-state index in [-0.39, 0.29) is 0 Å². The first-order chi connectivity index (χ1) is 21.7. The van der Waals surface area contributed by atoms with Gasteiger partial charge in [0, 0.05) is 34.1 Å². The average Bonchev–Trinajstić information content (AvgIpc) is 3.09. The number of aryl methyl sites for hydroxylation is 2. The highest BCUT2D eigenvalue weighted by atomic mass is 15.1. The molecule has 0 heterocycles. The van der Waals surface area contributed by atoms with Crippen molar-refractivity contribution in [1.29, 1.82) is 0 Å². The minimum Gasteiger partial charge on any atom is -0.311 e. The van der Waals surface area contributed by atoms with E-state index in [1.807, 2.05) is 27.7 Å². The molecular weight excluding hydrogens is 532 g/mol. The molecule has 0 N–H and O–H groups in total. The van der Waals surface area contributed by atoms with E-state index >= 15 is 0 Å². The number of anilines is 6. The number of para-hydroxylation sites is 2. The van der Waals surface area contributed by atoms with Crippen LogP contribution in [0.25, 0.3) is 11.1 Å². The summed E-state index contributed by atoms with van der Waals surface area (Å²) in [6.07, 6.45) is 0. The first-order valence-corrected chi connectivity index (χ1v) is 15.7. The van der Waals surface area contributed by atoms with Crippen LogP contribution in [0, 0.1) is 13.8 Å². The van der Waals surface area contributed by atoms with Gasteiger partial charge in [0.05, 0.1) is 0 Å². The minimum absolute atomic E-state index is 1.13. The Bertz CT molecular complexity index is 1670. The van der Waals surface area contributed by atoms with Gasteiger partial charge in [0.25, 0.3) is 0 Å². The van der Waals surface area contributed by atoms with E-state index in [1.54, 1.807) is 0 Å². The summed E-state index contributed by atoms with van der Waals surface area (Å²) in [5.41, 5.74) is 11.7. The van der Waals surface area contributed by atoms with Crippen molar-refractivity contribution in [2.75, 3.05) is 9.80 Å². The molecule has 0 saturated carbocycles. The fourth-order valence-corrected chi connectivity index (χ4v) is 5.12. The molecule has 0 aliphatic carbocycles. The number of rotatable bonds is 7. The monoisotopic (exact) mass is 576 g/mol. The van der Waals surface area contributed by atoms with Crippen molar-refractivity contribution in [1.82, 2.24) is 0 Å². The Hall–Kier alpha value is -5.08. The number of hydrogen-bond donors (Lipinski definition) is 0. The van der Waals surface area contributed by atoms with Crippen LogP contribution in [0.4, 0.5) is 34.1 Å². The maximum atomic E-state index is 2.30. The van der Waals surface area contributed by atoms with Crippen molar-refractivity contribution < 1.29 is 0 Å². The van der Waals surface area contributed by atoms with Crippen molar-refractivity contribution in [2.45, 2.75) is 41.5 Å². The molecule has 2 nitrogen and oxygen atoms in total. The molecule has 0 atom stereocenters. The Morgan fingerprint density at radius 2 is 0.636 bits per heavy atom. The Kier molecular flexibility index (Phi) is 11.5. The van der Waals surface area contributed by atoms with Crippen LogP contribution in [0.1, 0.15) is 38.8 Å². The molecule has 2 heteroatoms. The average molecular weight is 577 g/mol. The van der Waals surface area contributed by atoms with E-state index < -0.39 is 0 Å². The van der Waals surface area contributed by atoms with Crippen LogP contribution in [0.15, 0.2) is 158 Å². The van der Waals surface area contributed by atoms with Crippen molar-refractivity contribution >= 4 is 34.1 Å². The maximum Gasteiger partial charge on any atom is 0.0464 e. The summed E-state index contributed by atoms with van der Waals surface area (Å²) in [6, 6.07) is 56.1. The SMILES string of the molecule is CC.CC.Cc1ccc(N(c2ccccc2)c2ccc(-c3ccc(N(c4ccccc4)c4cccc(C)c4)cc3)cc2)cc1. The molecule has 0 fully saturated rings. The predicted molar refractivity (Wildman–Crippen MR) is 193 cm³/mol. The smallest absolute Gasteiger partial charge is 0.0464 e. The predicted octanol–water partition coefficient (Wildman–Crippen LogP) is 13.0. The molecule has 6 aromatic carbocycles. The van der Waals surface area contributed by atoms with Gasteiger partial charge >= 0.3 is 0 Å². The fourth-order valence-electron chi connectivity index (χ4n) is 5.12. The molecule has 0 unspecified atom stereocenters. The number of nitrogens with zero attached hydrogens (tertiary/aromatic N) is 2. The standard InChI is InChI=1S/C38H32N2.2C2H6/c1-29-16-22-35(23-17-29)39(33-11-5-3-6-12-33)36-24-18-31(19-25-36)32-20-26-37(27-21-32)40(34-13-7-4-8-14-34)38-15-9-10-30(2)28-38;2*1-2/h3-28H,1-2H3;2*1-2H3. The van der Waals surface area contributed by atoms with Crippen molar-refractivity contribution in [3.05, 3.63) is 169 Å². The highest BCUT2D eigenvalue weighted by Gasteiger charge is 2.14. The van der Waals surface area contributed by atoms with E-state index in [0.29, 0.717) is 0 Å². The van der Waals surface area contributed by atoms with Gasteiger partial charge in [-0.2, -0.15) is 0 Å². The lowest BCUT2D eigenvalue weighted by Gasteiger charge is -2.26. The first-order valence-electron chi connectivity index (χ1n) is 15.7. The van der Waals surface area contributed by atoms with Gasteiger partial charge in [-0.25, -0.2) is 0 Å². The van der Waals surface area contributed by atoms with Crippen LogP contribution in [-0.4, -0.2) is 0 Å². The van der Waals surface area contributed by atoms with E-state index in [2.05, 4.69) is 181 Å². The summed E-state index contributed by atoms with van der Waals surface area (Å²) in [4.78, 5) is 4.60. The maximum absolute atomic E-state index is 2.30. The second kappa shape index (κ2) is 16.0. The zero-order valence-electron chi connectivity index (χ0n) is 26.9. The van der Waals surface area contributed by atoms with Crippen LogP contribution in [0.2, 0.25) is 0 Å². The molecular formula is C42H44N2. The largest absolute Gasteiger partial charge is 0.311 e. The molecule has 44 heavy (non-hydrogen) atoms. The molecule has 6 rings (SSSR count). The Morgan fingerprint density at radius 1 is 0.295 bits per heavy atom. The third kappa shape index (κ3) is 7.65. The van der Waals surface area contributed by atoms with Crippen LogP contribution < -0.4 is 9.80 Å². The van der Waals surface area contributed by atoms with Gasteiger partial charge in [-0.3, -0.25) is 0 Å². The highest BCUT2D eigenvalue weighted by molar-refractivity contribution is 5.80. The lowest BCUT2D eigenvalue weighted by atomic mass is 10.0. The van der Waals surface area contributed by atoms with Gasteiger partial charge in [-0.05, 0) is 103 Å². The third-order valence-electron chi connectivity index (χ3n) is 7.17. The van der Waals surface area contributed by atoms with Gasteiger partial charge in [0.2, 0.25) is 0 Å². The molecule has 0 radical (unpaired) electrons. The summed E-state index contributed by atoms with van der Waals surface area (Å²) in [7, 11) is 0. The van der Waals surface area contributed by atoms with Crippen LogP contribution >= 0.6 is 0 Å². The van der Waals surface area contributed by atoms with Crippen molar-refractivity contribution in [2.24, 2.45) is 0 Å². The van der Waals surface area contributed by atoms with E-state index in [0.717, 1.165) is 34.1 Å². The summed E-state index contributed by atoms with van der Waals surface area (Å²) >= 11 is 0. The highest BCUT2D eigenvalue weighted by Crippen LogP contribution is 2.38. The van der Waals surface area contributed by atoms with Gasteiger partial charge < -0.3 is 9.80 Å². The third-order valence-corrected chi connectivity index (χ3v) is 7.17. The molecule has 0 saturated heterocycles. The van der Waals surface area contributed by atoms with E-state index in [4.69, 9.17) is 0 Å². The molecule has 6 aromatic rings. The van der Waals surface area contributed by atoms with Crippen LogP contribution in [0.3, 0.4) is 0 Å². The molecule has 0 spiro atoms. The van der Waals surface area contributed by atoms with Crippen molar-refractivity contribution in [3.8, 4) is 11.1 Å². The quantitative estimate of drug-likeness (QED) is 0.186. The fraction of sp³-hybridized carbons (Fsp3) is 0.143. The Balaban J connectivity index is 0.00000106. The Labute approximate surface area is 264 Å². The van der Waals surface area contributed by atoms with Gasteiger partial charge in [-0.15, -0.1) is 0 Å². The number of hydrogen-bond acceptors (Lipinski definition) is 2. The Morgan fingerprint density at radius 3 is 1.05 bits per heavy atom. The van der Waals surface area contributed by atoms with Crippen LogP contribution in [-0.2, 0) is 0 Å². The molecule has 0 bridgehead atoms. The first kappa shape index (κ1) is 31.8. The summed E-state index contributed by atoms with van der Waals surface area (Å²) in [6.45, 7) is 12.3. The molecule has 0 amide bonds. The minimum atomic E-state index is 1.13. The zero-order chi connectivity index (χ0) is 31.3.